The van der Waals surface area contributed by atoms with E-state index < -0.39 is 0 Å². The first-order valence-electron chi connectivity index (χ1n) is 5.42. The van der Waals surface area contributed by atoms with Crippen LogP contribution >= 0.6 is 11.6 Å². The van der Waals surface area contributed by atoms with Crippen LogP contribution in [0.4, 0.5) is 4.39 Å². The molecule has 0 saturated carbocycles. The highest BCUT2D eigenvalue weighted by molar-refractivity contribution is 6.34. The molecule has 0 radical (unpaired) electrons. The van der Waals surface area contributed by atoms with Crippen molar-refractivity contribution in [2.24, 2.45) is 0 Å². The number of nitrogens with zero attached hydrogens (tertiary/aromatic N) is 2. The quantitative estimate of drug-likeness (QED) is 0.657. The molecule has 1 heterocycles. The summed E-state index contributed by atoms with van der Waals surface area (Å²) in [6.45, 7) is 0. The minimum atomic E-state index is -0.298. The molecule has 0 aliphatic heterocycles. The molecule has 1 aromatic heterocycles. The van der Waals surface area contributed by atoms with E-state index in [1.54, 1.807) is 12.1 Å². The average Bonchev–Trinajstić information content (AvgIpc) is 2.39. The molecule has 0 fully saturated rings. The van der Waals surface area contributed by atoms with Gasteiger partial charge in [-0.1, -0.05) is 48.0 Å². The van der Waals surface area contributed by atoms with Crippen LogP contribution < -0.4 is 0 Å². The van der Waals surface area contributed by atoms with Crippen molar-refractivity contribution in [1.82, 2.24) is 10.2 Å². The molecular weight excluding hydrogens is 251 g/mol. The maximum atomic E-state index is 13.3. The third kappa shape index (κ3) is 1.83. The van der Waals surface area contributed by atoms with Gasteiger partial charge in [0.15, 0.2) is 5.15 Å². The van der Waals surface area contributed by atoms with Crippen molar-refractivity contribution in [2.75, 3.05) is 0 Å². The van der Waals surface area contributed by atoms with E-state index in [2.05, 4.69) is 10.2 Å². The summed E-state index contributed by atoms with van der Waals surface area (Å²) in [4.78, 5) is 0. The largest absolute Gasteiger partial charge is 0.207 e. The van der Waals surface area contributed by atoms with Crippen molar-refractivity contribution in [3.8, 4) is 11.3 Å². The standard InChI is InChI=1S/C14H8ClFN2/c15-14-12-7-2-1-6-11(12)13(17-18-14)9-4-3-5-10(16)8-9/h1-8H. The molecule has 0 spiro atoms. The number of aromatic nitrogens is 2. The van der Waals surface area contributed by atoms with Crippen LogP contribution in [-0.4, -0.2) is 10.2 Å². The molecule has 0 saturated heterocycles. The summed E-state index contributed by atoms with van der Waals surface area (Å²) in [6.07, 6.45) is 0. The SMILES string of the molecule is Fc1cccc(-c2nnc(Cl)c3ccccc23)c1. The zero-order valence-corrected chi connectivity index (χ0v) is 10.0. The maximum Gasteiger partial charge on any atom is 0.159 e. The Morgan fingerprint density at radius 3 is 2.44 bits per heavy atom. The van der Waals surface area contributed by atoms with E-state index in [1.165, 1.54) is 12.1 Å². The Kier molecular flexibility index (Phi) is 2.68. The van der Waals surface area contributed by atoms with E-state index in [0.717, 1.165) is 10.8 Å². The number of hydrogen-bond donors (Lipinski definition) is 0. The Morgan fingerprint density at radius 2 is 1.67 bits per heavy atom. The van der Waals surface area contributed by atoms with Gasteiger partial charge in [-0.25, -0.2) is 4.39 Å². The summed E-state index contributed by atoms with van der Waals surface area (Å²) in [7, 11) is 0. The number of hydrogen-bond acceptors (Lipinski definition) is 2. The molecule has 0 atom stereocenters. The van der Waals surface area contributed by atoms with Gasteiger partial charge in [0.2, 0.25) is 0 Å². The highest BCUT2D eigenvalue weighted by Crippen LogP contribution is 2.29. The van der Waals surface area contributed by atoms with Crippen LogP contribution in [0.25, 0.3) is 22.0 Å². The fraction of sp³-hybridized carbons (Fsp3) is 0. The molecular formula is C14H8ClFN2. The molecule has 3 rings (SSSR count). The van der Waals surface area contributed by atoms with Gasteiger partial charge >= 0.3 is 0 Å². The second-order valence-corrected chi connectivity index (χ2v) is 4.25. The summed E-state index contributed by atoms with van der Waals surface area (Å²) in [5.41, 5.74) is 1.32. The first-order chi connectivity index (χ1) is 8.75. The van der Waals surface area contributed by atoms with Gasteiger partial charge in [-0.15, -0.1) is 10.2 Å². The zero-order chi connectivity index (χ0) is 12.5. The second-order valence-electron chi connectivity index (χ2n) is 3.90. The Labute approximate surface area is 108 Å². The van der Waals surface area contributed by atoms with E-state index in [0.29, 0.717) is 16.4 Å². The highest BCUT2D eigenvalue weighted by atomic mass is 35.5. The molecule has 0 bridgehead atoms. The van der Waals surface area contributed by atoms with E-state index in [-0.39, 0.29) is 5.82 Å². The second kappa shape index (κ2) is 4.35. The highest BCUT2D eigenvalue weighted by Gasteiger charge is 2.09. The van der Waals surface area contributed by atoms with Crippen LogP contribution in [0.2, 0.25) is 5.15 Å². The van der Waals surface area contributed by atoms with Crippen molar-refractivity contribution in [3.63, 3.8) is 0 Å². The van der Waals surface area contributed by atoms with Gasteiger partial charge in [-0.2, -0.15) is 0 Å². The summed E-state index contributed by atoms with van der Waals surface area (Å²) in [5.74, 6) is -0.298. The molecule has 0 unspecified atom stereocenters. The molecule has 2 aromatic carbocycles. The molecule has 88 valence electrons. The van der Waals surface area contributed by atoms with Crippen molar-refractivity contribution in [2.45, 2.75) is 0 Å². The van der Waals surface area contributed by atoms with Crippen LogP contribution in [0.5, 0.6) is 0 Å². The minimum absolute atomic E-state index is 0.298. The van der Waals surface area contributed by atoms with Gasteiger partial charge in [0.25, 0.3) is 0 Å². The summed E-state index contributed by atoms with van der Waals surface area (Å²) in [5, 5.41) is 10.0. The van der Waals surface area contributed by atoms with Crippen molar-refractivity contribution in [3.05, 3.63) is 59.5 Å². The fourth-order valence-electron chi connectivity index (χ4n) is 1.92. The summed E-state index contributed by atoms with van der Waals surface area (Å²) >= 11 is 6.00. The fourth-order valence-corrected chi connectivity index (χ4v) is 2.12. The third-order valence-corrected chi connectivity index (χ3v) is 3.02. The van der Waals surface area contributed by atoms with Crippen LogP contribution in [-0.2, 0) is 0 Å². The third-order valence-electron chi connectivity index (χ3n) is 2.74. The van der Waals surface area contributed by atoms with Crippen molar-refractivity contribution < 1.29 is 4.39 Å². The van der Waals surface area contributed by atoms with Crippen molar-refractivity contribution in [1.29, 1.82) is 0 Å². The molecule has 3 aromatic rings. The summed E-state index contributed by atoms with van der Waals surface area (Å²) in [6, 6.07) is 13.8. The Bertz CT molecular complexity index is 728. The van der Waals surface area contributed by atoms with Gasteiger partial charge in [-0.3, -0.25) is 0 Å². The Hall–Kier alpha value is -2.00. The molecule has 0 aliphatic carbocycles. The van der Waals surface area contributed by atoms with Crippen molar-refractivity contribution >= 4 is 22.4 Å². The van der Waals surface area contributed by atoms with E-state index >= 15 is 0 Å². The lowest BCUT2D eigenvalue weighted by molar-refractivity contribution is 0.628. The lowest BCUT2D eigenvalue weighted by atomic mass is 10.1. The summed E-state index contributed by atoms with van der Waals surface area (Å²) < 4.78 is 13.3. The Balaban J connectivity index is 2.33. The molecule has 0 amide bonds. The first kappa shape index (κ1) is 11.1. The topological polar surface area (TPSA) is 25.8 Å². The van der Waals surface area contributed by atoms with Crippen LogP contribution in [0.1, 0.15) is 0 Å². The molecule has 0 N–H and O–H groups in total. The number of benzene rings is 2. The molecule has 4 heteroatoms. The minimum Gasteiger partial charge on any atom is -0.207 e. The number of halogens is 2. The lowest BCUT2D eigenvalue weighted by Crippen LogP contribution is -1.91. The smallest absolute Gasteiger partial charge is 0.159 e. The van der Waals surface area contributed by atoms with Crippen LogP contribution in [0.3, 0.4) is 0 Å². The van der Waals surface area contributed by atoms with Gasteiger partial charge in [0.1, 0.15) is 11.5 Å². The van der Waals surface area contributed by atoms with Gasteiger partial charge < -0.3 is 0 Å². The predicted molar refractivity (Wildman–Crippen MR) is 69.9 cm³/mol. The van der Waals surface area contributed by atoms with Crippen LogP contribution in [0.15, 0.2) is 48.5 Å². The normalized spacial score (nSPS) is 10.8. The Morgan fingerprint density at radius 1 is 0.889 bits per heavy atom. The predicted octanol–water partition coefficient (Wildman–Crippen LogP) is 4.09. The first-order valence-corrected chi connectivity index (χ1v) is 5.80. The number of rotatable bonds is 1. The van der Waals surface area contributed by atoms with Gasteiger partial charge in [-0.05, 0) is 12.1 Å². The monoisotopic (exact) mass is 258 g/mol. The van der Waals surface area contributed by atoms with Gasteiger partial charge in [0.05, 0.1) is 0 Å². The lowest BCUT2D eigenvalue weighted by Gasteiger charge is -2.06. The maximum absolute atomic E-state index is 13.3. The molecule has 2 nitrogen and oxygen atoms in total. The molecule has 18 heavy (non-hydrogen) atoms. The van der Waals surface area contributed by atoms with E-state index in [1.807, 2.05) is 24.3 Å². The van der Waals surface area contributed by atoms with E-state index in [9.17, 15) is 4.39 Å². The van der Waals surface area contributed by atoms with Gasteiger partial charge in [0, 0.05) is 16.3 Å². The average molecular weight is 259 g/mol. The molecule has 0 aliphatic rings. The number of fused-ring (bicyclic) bond motifs is 1. The zero-order valence-electron chi connectivity index (χ0n) is 9.27. The van der Waals surface area contributed by atoms with E-state index in [4.69, 9.17) is 11.6 Å². The van der Waals surface area contributed by atoms with Crippen LogP contribution in [0, 0.1) is 5.82 Å².